The van der Waals surface area contributed by atoms with Crippen molar-refractivity contribution in [2.24, 2.45) is 0 Å². The van der Waals surface area contributed by atoms with Gasteiger partial charge in [-0.15, -0.1) is 12.4 Å². The molecule has 0 atom stereocenters. The summed E-state index contributed by atoms with van der Waals surface area (Å²) in [4.78, 5) is 19.4. The number of piperidine rings is 1. The minimum absolute atomic E-state index is 0. The molecule has 0 saturated carbocycles. The van der Waals surface area contributed by atoms with Crippen molar-refractivity contribution in [3.05, 3.63) is 36.0 Å². The highest BCUT2D eigenvalue weighted by atomic mass is 35.5. The van der Waals surface area contributed by atoms with Crippen LogP contribution in [0.25, 0.3) is 0 Å². The molecular weight excluding hydrogens is 342 g/mol. The fourth-order valence-electron chi connectivity index (χ4n) is 3.48. The molecule has 25 heavy (non-hydrogen) atoms. The molecule has 1 saturated heterocycles. The van der Waals surface area contributed by atoms with E-state index in [-0.39, 0.29) is 18.3 Å². The first-order valence-electron chi connectivity index (χ1n) is 8.43. The number of para-hydroxylation sites is 2. The zero-order chi connectivity index (χ0) is 16.6. The number of anilines is 2. The minimum atomic E-state index is -0.545. The van der Waals surface area contributed by atoms with E-state index in [4.69, 9.17) is 4.52 Å². The number of hydrogen-bond acceptors (Lipinski definition) is 6. The Morgan fingerprint density at radius 1 is 1.28 bits per heavy atom. The monoisotopic (exact) mass is 363 g/mol. The molecule has 4 rings (SSSR count). The maximum absolute atomic E-state index is 13.3. The molecule has 1 amide bonds. The zero-order valence-corrected chi connectivity index (χ0v) is 14.9. The highest BCUT2D eigenvalue weighted by Gasteiger charge is 2.46. The fourth-order valence-corrected chi connectivity index (χ4v) is 3.48. The minimum Gasteiger partial charge on any atom is -0.369 e. The van der Waals surface area contributed by atoms with Crippen molar-refractivity contribution in [2.45, 2.75) is 38.3 Å². The van der Waals surface area contributed by atoms with E-state index in [1.54, 1.807) is 4.90 Å². The van der Waals surface area contributed by atoms with Gasteiger partial charge in [0, 0.05) is 6.42 Å². The van der Waals surface area contributed by atoms with Crippen LogP contribution in [0.1, 0.15) is 31.5 Å². The van der Waals surface area contributed by atoms with Crippen LogP contribution in [-0.2, 0) is 17.8 Å². The molecule has 1 spiro atoms. The van der Waals surface area contributed by atoms with Crippen molar-refractivity contribution in [3.8, 4) is 0 Å². The van der Waals surface area contributed by atoms with Crippen molar-refractivity contribution in [1.82, 2.24) is 15.5 Å². The van der Waals surface area contributed by atoms with E-state index in [2.05, 4.69) is 20.8 Å². The summed E-state index contributed by atoms with van der Waals surface area (Å²) in [6.07, 6.45) is 2.22. The Morgan fingerprint density at radius 2 is 2.04 bits per heavy atom. The van der Waals surface area contributed by atoms with Crippen LogP contribution in [0.15, 0.2) is 28.8 Å². The topological polar surface area (TPSA) is 83.3 Å². The average molecular weight is 364 g/mol. The summed E-state index contributed by atoms with van der Waals surface area (Å²) >= 11 is 0. The van der Waals surface area contributed by atoms with Crippen molar-refractivity contribution in [2.75, 3.05) is 23.3 Å². The zero-order valence-electron chi connectivity index (χ0n) is 14.1. The molecule has 2 N–H and O–H groups in total. The summed E-state index contributed by atoms with van der Waals surface area (Å²) in [5, 5.41) is 10.8. The van der Waals surface area contributed by atoms with Crippen molar-refractivity contribution in [1.29, 1.82) is 0 Å². The number of fused-ring (bicyclic) bond motifs is 1. The van der Waals surface area contributed by atoms with E-state index in [1.807, 2.05) is 31.2 Å². The van der Waals surface area contributed by atoms with Crippen LogP contribution in [0.3, 0.4) is 0 Å². The summed E-state index contributed by atoms with van der Waals surface area (Å²) in [6, 6.07) is 7.90. The summed E-state index contributed by atoms with van der Waals surface area (Å²) < 4.78 is 5.19. The maximum Gasteiger partial charge on any atom is 0.253 e. The Bertz CT molecular complexity index is 757. The van der Waals surface area contributed by atoms with Crippen molar-refractivity contribution >= 4 is 29.7 Å². The standard InChI is InChI=1S/C17H21N5O2.ClH/c1-2-15-19-14(21-24-15)11-22-13-6-4-3-5-12(13)20-17(16(22)23)7-9-18-10-8-17;/h3-6,18,20H,2,7-11H2,1H3;1H. The Hall–Kier alpha value is -2.12. The summed E-state index contributed by atoms with van der Waals surface area (Å²) in [7, 11) is 0. The molecule has 0 aliphatic carbocycles. The lowest BCUT2D eigenvalue weighted by atomic mass is 9.84. The van der Waals surface area contributed by atoms with Gasteiger partial charge in [0.05, 0.1) is 17.9 Å². The molecule has 1 aromatic carbocycles. The number of nitrogens with one attached hydrogen (secondary N) is 2. The number of carbonyl (C=O) groups excluding carboxylic acids is 1. The van der Waals surface area contributed by atoms with Gasteiger partial charge in [0.15, 0.2) is 5.82 Å². The average Bonchev–Trinajstić information content (AvgIpc) is 3.07. The second kappa shape index (κ2) is 7.01. The molecule has 7 nitrogen and oxygen atoms in total. The van der Waals surface area contributed by atoms with Gasteiger partial charge in [0.2, 0.25) is 5.89 Å². The molecule has 0 bridgehead atoms. The smallest absolute Gasteiger partial charge is 0.253 e. The molecule has 0 radical (unpaired) electrons. The number of carbonyl (C=O) groups is 1. The van der Waals surface area contributed by atoms with Crippen LogP contribution in [0, 0.1) is 0 Å². The van der Waals surface area contributed by atoms with Crippen LogP contribution in [0.4, 0.5) is 11.4 Å². The third kappa shape index (κ3) is 3.09. The van der Waals surface area contributed by atoms with Gasteiger partial charge in [-0.25, -0.2) is 0 Å². The van der Waals surface area contributed by atoms with E-state index in [0.717, 1.165) is 37.3 Å². The van der Waals surface area contributed by atoms with Crippen molar-refractivity contribution in [3.63, 3.8) is 0 Å². The first-order valence-corrected chi connectivity index (χ1v) is 8.43. The van der Waals surface area contributed by atoms with Gasteiger partial charge in [-0.1, -0.05) is 24.2 Å². The lowest BCUT2D eigenvalue weighted by molar-refractivity contribution is -0.124. The Labute approximate surface area is 152 Å². The SMILES string of the molecule is CCc1nc(CN2C(=O)C3(CCNCC3)Nc3ccccc32)no1.Cl. The molecule has 8 heteroatoms. The van der Waals surface area contributed by atoms with Crippen LogP contribution < -0.4 is 15.5 Å². The first-order chi connectivity index (χ1) is 11.7. The number of nitrogens with zero attached hydrogens (tertiary/aromatic N) is 3. The van der Waals surface area contributed by atoms with Crippen LogP contribution in [0.2, 0.25) is 0 Å². The first kappa shape index (κ1) is 17.7. The van der Waals surface area contributed by atoms with Gasteiger partial charge in [0.1, 0.15) is 5.54 Å². The Morgan fingerprint density at radius 3 is 2.76 bits per heavy atom. The third-order valence-electron chi connectivity index (χ3n) is 4.79. The second-order valence-corrected chi connectivity index (χ2v) is 6.32. The van der Waals surface area contributed by atoms with Crippen LogP contribution in [-0.4, -0.2) is 34.7 Å². The van der Waals surface area contributed by atoms with Gasteiger partial charge in [-0.05, 0) is 38.1 Å². The van der Waals surface area contributed by atoms with Gasteiger partial charge in [-0.2, -0.15) is 4.98 Å². The number of benzene rings is 1. The number of rotatable bonds is 3. The summed E-state index contributed by atoms with van der Waals surface area (Å²) in [5.74, 6) is 1.23. The fraction of sp³-hybridized carbons (Fsp3) is 0.471. The van der Waals surface area contributed by atoms with Gasteiger partial charge < -0.3 is 20.1 Å². The Kier molecular flexibility index (Phi) is 4.96. The largest absolute Gasteiger partial charge is 0.369 e. The highest BCUT2D eigenvalue weighted by Crippen LogP contribution is 2.39. The normalized spacial score (nSPS) is 18.4. The summed E-state index contributed by atoms with van der Waals surface area (Å²) in [5.41, 5.74) is 1.31. The van der Waals surface area contributed by atoms with Crippen molar-refractivity contribution < 1.29 is 9.32 Å². The number of amides is 1. The Balaban J connectivity index is 0.00000182. The van der Waals surface area contributed by atoms with Gasteiger partial charge in [-0.3, -0.25) is 4.79 Å². The highest BCUT2D eigenvalue weighted by molar-refractivity contribution is 6.07. The molecule has 2 aliphatic heterocycles. The molecular formula is C17H22ClN5O2. The molecule has 2 aliphatic rings. The lowest BCUT2D eigenvalue weighted by Gasteiger charge is -2.45. The quantitative estimate of drug-likeness (QED) is 0.869. The predicted octanol–water partition coefficient (Wildman–Crippen LogP) is 2.13. The van der Waals surface area contributed by atoms with E-state index < -0.39 is 5.54 Å². The van der Waals surface area contributed by atoms with Gasteiger partial charge >= 0.3 is 0 Å². The van der Waals surface area contributed by atoms with E-state index in [9.17, 15) is 4.79 Å². The van der Waals surface area contributed by atoms with Gasteiger partial charge in [0.25, 0.3) is 5.91 Å². The molecule has 2 aromatic rings. The van der Waals surface area contributed by atoms with E-state index in [0.29, 0.717) is 24.7 Å². The molecule has 1 aromatic heterocycles. The number of hydrogen-bond donors (Lipinski definition) is 2. The number of halogens is 1. The van der Waals surface area contributed by atoms with E-state index in [1.165, 1.54) is 0 Å². The molecule has 1 fully saturated rings. The van der Waals surface area contributed by atoms with Crippen LogP contribution in [0.5, 0.6) is 0 Å². The second-order valence-electron chi connectivity index (χ2n) is 6.32. The number of aryl methyl sites for hydroxylation is 1. The molecule has 3 heterocycles. The molecule has 0 unspecified atom stereocenters. The predicted molar refractivity (Wildman–Crippen MR) is 97.0 cm³/mol. The third-order valence-corrected chi connectivity index (χ3v) is 4.79. The maximum atomic E-state index is 13.3. The van der Waals surface area contributed by atoms with E-state index >= 15 is 0 Å². The summed E-state index contributed by atoms with van der Waals surface area (Å²) in [6.45, 7) is 3.96. The lowest BCUT2D eigenvalue weighted by Crippen LogP contribution is -2.61. The molecule has 134 valence electrons. The van der Waals surface area contributed by atoms with Crippen LogP contribution >= 0.6 is 12.4 Å². The number of aromatic nitrogens is 2.